The van der Waals surface area contributed by atoms with E-state index in [1.165, 1.54) is 26.1 Å². The molecule has 19 heteroatoms. The molecule has 49 heavy (non-hydrogen) atoms. The SMILES string of the molecule is Cc1ccc(-c2cc(C(F)(F)F)nn2-c2ccc(S(=O)(=O)NC(=O)OCCCCN(C)/[N+]([O-])=N/OC(C)OC(=O)OC(C)(C)C)cc2)cc1. The first kappa shape index (κ1) is 38.4. The molecule has 2 aromatic carbocycles. The Morgan fingerprint density at radius 1 is 1.08 bits per heavy atom. The van der Waals surface area contributed by atoms with Crippen LogP contribution in [0.15, 0.2) is 64.8 Å². The minimum Gasteiger partial charge on any atom is -0.569 e. The Kier molecular flexibility index (Phi) is 12.4. The van der Waals surface area contributed by atoms with E-state index in [-0.39, 0.29) is 40.8 Å². The van der Waals surface area contributed by atoms with Crippen LogP contribution in [0.1, 0.15) is 51.8 Å². The molecular weight excluding hydrogens is 677 g/mol. The molecule has 0 radical (unpaired) electrons. The van der Waals surface area contributed by atoms with E-state index in [0.29, 0.717) is 12.0 Å². The number of ether oxygens (including phenoxy) is 3. The van der Waals surface area contributed by atoms with Crippen LogP contribution in [-0.4, -0.2) is 72.5 Å². The predicted molar refractivity (Wildman–Crippen MR) is 166 cm³/mol. The molecule has 1 heterocycles. The van der Waals surface area contributed by atoms with Crippen molar-refractivity contribution >= 4 is 22.3 Å². The molecule has 268 valence electrons. The molecule has 3 rings (SSSR count). The van der Waals surface area contributed by atoms with Crippen molar-refractivity contribution in [2.45, 2.75) is 70.4 Å². The Bertz CT molecular complexity index is 1720. The van der Waals surface area contributed by atoms with Gasteiger partial charge in [-0.15, -0.1) is 5.01 Å². The van der Waals surface area contributed by atoms with Crippen molar-refractivity contribution < 1.29 is 55.2 Å². The molecule has 0 fully saturated rings. The maximum atomic E-state index is 13.5. The first-order valence-electron chi connectivity index (χ1n) is 14.7. The molecule has 0 saturated heterocycles. The maximum Gasteiger partial charge on any atom is 0.511 e. The molecule has 1 aromatic heterocycles. The Labute approximate surface area is 280 Å². The van der Waals surface area contributed by atoms with Crippen LogP contribution in [-0.2, 0) is 35.2 Å². The van der Waals surface area contributed by atoms with Gasteiger partial charge in [0.25, 0.3) is 16.3 Å². The van der Waals surface area contributed by atoms with Gasteiger partial charge in [0.05, 0.1) is 41.4 Å². The van der Waals surface area contributed by atoms with Gasteiger partial charge in [0.2, 0.25) is 5.28 Å². The number of nitrogens with zero attached hydrogens (tertiary/aromatic N) is 5. The van der Waals surface area contributed by atoms with Gasteiger partial charge < -0.3 is 19.4 Å². The number of hydrogen-bond donors (Lipinski definition) is 1. The number of alkyl halides is 3. The number of aromatic nitrogens is 2. The summed E-state index contributed by atoms with van der Waals surface area (Å²) < 4.78 is 83.5. The summed E-state index contributed by atoms with van der Waals surface area (Å²) in [4.78, 5) is 28.4. The Morgan fingerprint density at radius 2 is 1.71 bits per heavy atom. The van der Waals surface area contributed by atoms with Gasteiger partial charge in [-0.05, 0) is 70.9 Å². The highest BCUT2D eigenvalue weighted by atomic mass is 32.2. The average molecular weight is 715 g/mol. The number of nitrogens with one attached hydrogen (secondary N) is 1. The first-order chi connectivity index (χ1) is 22.7. The summed E-state index contributed by atoms with van der Waals surface area (Å²) in [6.07, 6.45) is -7.61. The van der Waals surface area contributed by atoms with Crippen molar-refractivity contribution in [1.29, 1.82) is 0 Å². The van der Waals surface area contributed by atoms with Gasteiger partial charge in [-0.3, -0.25) is 4.84 Å². The topological polar surface area (TPSA) is 177 Å². The fraction of sp³-hybridized carbons (Fsp3) is 0.433. The van der Waals surface area contributed by atoms with Crippen LogP contribution in [0.4, 0.5) is 22.8 Å². The molecule has 1 atom stereocenters. The number of rotatable bonds is 13. The fourth-order valence-electron chi connectivity index (χ4n) is 3.90. The third-order valence-corrected chi connectivity index (χ3v) is 7.60. The van der Waals surface area contributed by atoms with E-state index in [1.807, 2.05) is 6.92 Å². The van der Waals surface area contributed by atoms with E-state index < -0.39 is 46.0 Å². The molecule has 15 nitrogen and oxygen atoms in total. The van der Waals surface area contributed by atoms with Crippen molar-refractivity contribution in [3.8, 4) is 16.9 Å². The molecule has 0 aliphatic rings. The van der Waals surface area contributed by atoms with Gasteiger partial charge in [-0.25, -0.2) is 27.4 Å². The lowest BCUT2D eigenvalue weighted by atomic mass is 10.1. The zero-order valence-corrected chi connectivity index (χ0v) is 28.4. The van der Waals surface area contributed by atoms with Gasteiger partial charge >= 0.3 is 18.4 Å². The molecule has 0 aliphatic heterocycles. The number of amides is 1. The van der Waals surface area contributed by atoms with Crippen LogP contribution >= 0.6 is 0 Å². The standard InChI is InChI=1S/C30H37F3N6O9S/c1-20-9-11-22(12-10-20)25-19-26(30(31,32)33)34-38(25)23-13-15-24(16-14-23)49(43,44)35-27(40)45-18-8-7-17-37(6)39(42)36-48-21(2)46-28(41)47-29(3,4)5/h9-16,19,21H,7-8,17-18H2,1-6H3,(H,35,40)/b39-36-. The van der Waals surface area contributed by atoms with Gasteiger partial charge in [0.1, 0.15) is 5.60 Å². The number of benzene rings is 2. The van der Waals surface area contributed by atoms with E-state index in [1.54, 1.807) is 49.8 Å². The lowest BCUT2D eigenvalue weighted by Gasteiger charge is -2.20. The zero-order chi connectivity index (χ0) is 36.6. The second-order valence-electron chi connectivity index (χ2n) is 11.6. The van der Waals surface area contributed by atoms with Crippen LogP contribution in [0, 0.1) is 12.1 Å². The predicted octanol–water partition coefficient (Wildman–Crippen LogP) is 6.10. The van der Waals surface area contributed by atoms with Gasteiger partial charge in [-0.1, -0.05) is 29.8 Å². The lowest BCUT2D eigenvalue weighted by Crippen LogP contribution is -2.31. The quantitative estimate of drug-likeness (QED) is 0.0541. The second kappa shape index (κ2) is 15.9. The van der Waals surface area contributed by atoms with E-state index in [9.17, 15) is 36.4 Å². The van der Waals surface area contributed by atoms with Crippen molar-refractivity contribution in [2.75, 3.05) is 20.2 Å². The smallest absolute Gasteiger partial charge is 0.511 e. The van der Waals surface area contributed by atoms with Crippen LogP contribution in [0.3, 0.4) is 0 Å². The van der Waals surface area contributed by atoms with Gasteiger partial charge in [0.15, 0.2) is 5.69 Å². The monoisotopic (exact) mass is 714 g/mol. The summed E-state index contributed by atoms with van der Waals surface area (Å²) in [6.45, 7) is 8.05. The summed E-state index contributed by atoms with van der Waals surface area (Å²) in [7, 11) is -3.00. The number of aryl methyl sites for hydroxylation is 1. The van der Waals surface area contributed by atoms with E-state index in [0.717, 1.165) is 33.5 Å². The summed E-state index contributed by atoms with van der Waals surface area (Å²) in [5.41, 5.74) is -0.242. The summed E-state index contributed by atoms with van der Waals surface area (Å²) in [5, 5.41) is 20.1. The number of halogens is 3. The maximum absolute atomic E-state index is 13.5. The molecule has 0 aliphatic carbocycles. The molecule has 3 aromatic rings. The highest BCUT2D eigenvalue weighted by molar-refractivity contribution is 7.90. The van der Waals surface area contributed by atoms with Crippen LogP contribution in [0.25, 0.3) is 16.9 Å². The number of unbranched alkanes of at least 4 members (excludes halogenated alkanes) is 1. The summed E-state index contributed by atoms with van der Waals surface area (Å²) in [6, 6.07) is 12.4. The largest absolute Gasteiger partial charge is 0.569 e. The lowest BCUT2D eigenvalue weighted by molar-refractivity contribution is -0.707. The minimum absolute atomic E-state index is 0.116. The van der Waals surface area contributed by atoms with Gasteiger partial charge in [-0.2, -0.15) is 18.3 Å². The van der Waals surface area contributed by atoms with E-state index in [4.69, 9.17) is 19.0 Å². The molecule has 0 spiro atoms. The highest BCUT2D eigenvalue weighted by Gasteiger charge is 2.35. The normalized spacial score (nSPS) is 13.0. The molecule has 0 saturated carbocycles. The number of carbonyl (C=O) groups is 2. The number of carbonyl (C=O) groups excluding carboxylic acids is 2. The Morgan fingerprint density at radius 3 is 2.31 bits per heavy atom. The zero-order valence-electron chi connectivity index (χ0n) is 27.6. The molecule has 1 unspecified atom stereocenters. The van der Waals surface area contributed by atoms with E-state index in [2.05, 4.69) is 10.4 Å². The number of hydrogen-bond acceptors (Lipinski definition) is 11. The van der Waals surface area contributed by atoms with Crippen molar-refractivity contribution in [3.63, 3.8) is 0 Å². The molecule has 1 N–H and O–H groups in total. The Balaban J connectivity index is 1.50. The third-order valence-electron chi connectivity index (χ3n) is 6.27. The van der Waals surface area contributed by atoms with Crippen molar-refractivity contribution in [1.82, 2.24) is 19.5 Å². The number of sulfonamides is 1. The first-order valence-corrected chi connectivity index (χ1v) is 16.2. The van der Waals surface area contributed by atoms with Crippen LogP contribution in [0.2, 0.25) is 0 Å². The summed E-state index contributed by atoms with van der Waals surface area (Å²) >= 11 is 0. The van der Waals surface area contributed by atoms with Crippen molar-refractivity contribution in [2.24, 2.45) is 5.28 Å². The Hall–Kier alpha value is -5.07. The summed E-state index contributed by atoms with van der Waals surface area (Å²) in [5.74, 6) is 0. The number of hydrazine groups is 1. The average Bonchev–Trinajstić information content (AvgIpc) is 3.45. The molecule has 0 bridgehead atoms. The van der Waals surface area contributed by atoms with Gasteiger partial charge in [0, 0.05) is 12.5 Å². The van der Waals surface area contributed by atoms with Crippen LogP contribution < -0.4 is 4.72 Å². The van der Waals surface area contributed by atoms with E-state index >= 15 is 0 Å². The minimum atomic E-state index is -4.71. The third kappa shape index (κ3) is 11.8. The highest BCUT2D eigenvalue weighted by Crippen LogP contribution is 2.33. The van der Waals surface area contributed by atoms with Crippen molar-refractivity contribution in [3.05, 3.63) is 71.1 Å². The second-order valence-corrected chi connectivity index (χ2v) is 13.3. The van der Waals surface area contributed by atoms with Crippen LogP contribution in [0.5, 0.6) is 0 Å². The fourth-order valence-corrected chi connectivity index (χ4v) is 4.79. The molecule has 1 amide bonds. The molecular formula is C30H37F3N6O9S.